The van der Waals surface area contributed by atoms with E-state index in [0.29, 0.717) is 6.67 Å². The summed E-state index contributed by atoms with van der Waals surface area (Å²) in [6, 6.07) is 0. The van der Waals surface area contributed by atoms with Gasteiger partial charge in [-0.05, 0) is 13.0 Å². The first-order valence-corrected chi connectivity index (χ1v) is 8.66. The Balaban J connectivity index is 2.63. The molecule has 3 nitrogen and oxygen atoms in total. The van der Waals surface area contributed by atoms with Crippen LogP contribution in [0.1, 0.15) is 6.92 Å². The maximum atomic E-state index is 5.73. The molecule has 1 unspecified atom stereocenters. The Kier molecular flexibility index (Phi) is 3.72. The smallest absolute Gasteiger partial charge is 0.129 e. The van der Waals surface area contributed by atoms with Crippen LogP contribution in [-0.2, 0) is 0 Å². The molecule has 1 aliphatic rings. The first-order valence-electron chi connectivity index (χ1n) is 5.16. The first-order chi connectivity index (χ1) is 6.88. The highest BCUT2D eigenvalue weighted by Crippen LogP contribution is 2.02. The predicted octanol–water partition coefficient (Wildman–Crippen LogP) is 1.40. The summed E-state index contributed by atoms with van der Waals surface area (Å²) in [4.78, 5) is 6.33. The minimum absolute atomic E-state index is 0.0106. The van der Waals surface area contributed by atoms with E-state index in [-0.39, 0.29) is 6.17 Å². The maximum absolute atomic E-state index is 5.73. The number of aliphatic imine (C=N–C) groups is 1. The zero-order chi connectivity index (χ0) is 11.5. The summed E-state index contributed by atoms with van der Waals surface area (Å²) in [5, 5.41) is 0. The van der Waals surface area contributed by atoms with Crippen LogP contribution in [0.5, 0.6) is 0 Å². The molecule has 1 heterocycles. The Morgan fingerprint density at radius 2 is 2.20 bits per heavy atom. The Bertz CT molecular complexity index is 339. The number of hydrogen-bond donors (Lipinski definition) is 1. The van der Waals surface area contributed by atoms with E-state index >= 15 is 0 Å². The van der Waals surface area contributed by atoms with Crippen molar-refractivity contribution in [3.05, 3.63) is 12.3 Å². The van der Waals surface area contributed by atoms with E-state index in [2.05, 4.69) is 36.1 Å². The second kappa shape index (κ2) is 4.64. The summed E-state index contributed by atoms with van der Waals surface area (Å²) in [5.74, 6) is 3.13. The zero-order valence-corrected chi connectivity index (χ0v) is 10.9. The molecule has 0 saturated heterocycles. The van der Waals surface area contributed by atoms with E-state index in [1.54, 1.807) is 0 Å². The highest BCUT2D eigenvalue weighted by molar-refractivity contribution is 6.84. The SMILES string of the molecule is CC(N)N1C=CC(C#C[Si](C)(C)C)=NC1. The van der Waals surface area contributed by atoms with Crippen LogP contribution in [0.2, 0.25) is 19.6 Å². The van der Waals surface area contributed by atoms with Crippen molar-refractivity contribution in [3.8, 4) is 11.5 Å². The Morgan fingerprint density at radius 3 is 2.60 bits per heavy atom. The lowest BCUT2D eigenvalue weighted by Crippen LogP contribution is -2.37. The molecule has 0 radical (unpaired) electrons. The van der Waals surface area contributed by atoms with Crippen molar-refractivity contribution >= 4 is 13.8 Å². The lowest BCUT2D eigenvalue weighted by molar-refractivity contribution is 0.306. The quantitative estimate of drug-likeness (QED) is 0.537. The van der Waals surface area contributed by atoms with Gasteiger partial charge in [0.15, 0.2) is 0 Å². The van der Waals surface area contributed by atoms with E-state index < -0.39 is 8.07 Å². The second-order valence-corrected chi connectivity index (χ2v) is 9.51. The molecule has 0 aromatic heterocycles. The molecule has 0 spiro atoms. The van der Waals surface area contributed by atoms with E-state index in [0.717, 1.165) is 5.71 Å². The lowest BCUT2D eigenvalue weighted by atomic mass is 10.3. The van der Waals surface area contributed by atoms with Crippen LogP contribution in [0, 0.1) is 11.5 Å². The maximum Gasteiger partial charge on any atom is 0.129 e. The number of rotatable bonds is 1. The van der Waals surface area contributed by atoms with E-state index in [4.69, 9.17) is 5.73 Å². The summed E-state index contributed by atoms with van der Waals surface area (Å²) in [6.45, 7) is 9.23. The van der Waals surface area contributed by atoms with Gasteiger partial charge in [0.1, 0.15) is 20.5 Å². The molecule has 0 aromatic rings. The van der Waals surface area contributed by atoms with Crippen LogP contribution in [-0.4, -0.2) is 31.5 Å². The minimum atomic E-state index is -1.29. The van der Waals surface area contributed by atoms with Crippen molar-refractivity contribution in [2.45, 2.75) is 32.7 Å². The highest BCUT2D eigenvalue weighted by Gasteiger charge is 2.10. The Labute approximate surface area is 93.1 Å². The Hall–Kier alpha value is -1.05. The highest BCUT2D eigenvalue weighted by atomic mass is 28.3. The van der Waals surface area contributed by atoms with E-state index in [9.17, 15) is 0 Å². The van der Waals surface area contributed by atoms with Crippen LogP contribution in [0.3, 0.4) is 0 Å². The third-order valence-electron chi connectivity index (χ3n) is 1.92. The third kappa shape index (κ3) is 4.32. The molecule has 82 valence electrons. The molecular weight excluding hydrogens is 202 g/mol. The summed E-state index contributed by atoms with van der Waals surface area (Å²) < 4.78 is 0. The van der Waals surface area contributed by atoms with Crippen LogP contribution >= 0.6 is 0 Å². The molecule has 0 amide bonds. The monoisotopic (exact) mass is 221 g/mol. The van der Waals surface area contributed by atoms with E-state index in [1.807, 2.05) is 24.1 Å². The van der Waals surface area contributed by atoms with Gasteiger partial charge >= 0.3 is 0 Å². The molecule has 0 aromatic carbocycles. The van der Waals surface area contributed by atoms with Crippen molar-refractivity contribution in [2.75, 3.05) is 6.67 Å². The molecule has 15 heavy (non-hydrogen) atoms. The lowest BCUT2D eigenvalue weighted by Gasteiger charge is -2.24. The van der Waals surface area contributed by atoms with E-state index in [1.165, 1.54) is 0 Å². The number of nitrogens with zero attached hydrogens (tertiary/aromatic N) is 2. The molecule has 0 fully saturated rings. The van der Waals surface area contributed by atoms with Crippen LogP contribution < -0.4 is 5.73 Å². The molecule has 0 aliphatic carbocycles. The fraction of sp³-hybridized carbons (Fsp3) is 0.545. The summed E-state index contributed by atoms with van der Waals surface area (Å²) in [7, 11) is -1.29. The molecule has 2 N–H and O–H groups in total. The molecule has 0 saturated carbocycles. The molecule has 0 bridgehead atoms. The molecular formula is C11H19N3Si. The van der Waals surface area contributed by atoms with Gasteiger partial charge in [-0.15, -0.1) is 5.54 Å². The van der Waals surface area contributed by atoms with Crippen LogP contribution in [0.25, 0.3) is 0 Å². The van der Waals surface area contributed by atoms with Gasteiger partial charge < -0.3 is 10.6 Å². The zero-order valence-electron chi connectivity index (χ0n) is 9.91. The van der Waals surface area contributed by atoms with Gasteiger partial charge in [0, 0.05) is 6.20 Å². The molecule has 4 heteroatoms. The van der Waals surface area contributed by atoms with Crippen LogP contribution in [0.15, 0.2) is 17.3 Å². The van der Waals surface area contributed by atoms with Crippen LogP contribution in [0.4, 0.5) is 0 Å². The van der Waals surface area contributed by atoms with Gasteiger partial charge in [-0.3, -0.25) is 4.99 Å². The number of hydrogen-bond acceptors (Lipinski definition) is 3. The van der Waals surface area contributed by atoms with Gasteiger partial charge in [0.25, 0.3) is 0 Å². The average molecular weight is 221 g/mol. The molecule has 1 aliphatic heterocycles. The normalized spacial score (nSPS) is 17.9. The third-order valence-corrected chi connectivity index (χ3v) is 2.79. The fourth-order valence-electron chi connectivity index (χ4n) is 1.02. The molecule has 1 rings (SSSR count). The van der Waals surface area contributed by atoms with Crippen molar-refractivity contribution in [1.82, 2.24) is 4.90 Å². The van der Waals surface area contributed by atoms with Crippen molar-refractivity contribution in [3.63, 3.8) is 0 Å². The van der Waals surface area contributed by atoms with Gasteiger partial charge in [-0.25, -0.2) is 0 Å². The van der Waals surface area contributed by atoms with Crippen molar-refractivity contribution in [2.24, 2.45) is 10.7 Å². The standard InChI is InChI=1S/C11H19N3Si/c1-10(12)14-7-5-11(13-9-14)6-8-15(2,3)4/h5,7,10H,9,12H2,1-4H3. The minimum Gasteiger partial charge on any atom is -0.343 e. The van der Waals surface area contributed by atoms with Gasteiger partial charge in [-0.1, -0.05) is 25.6 Å². The summed E-state index contributed by atoms with van der Waals surface area (Å²) in [5.41, 5.74) is 9.89. The first kappa shape index (κ1) is 12.0. The average Bonchev–Trinajstić information content (AvgIpc) is 2.14. The Morgan fingerprint density at radius 1 is 1.53 bits per heavy atom. The molecule has 1 atom stereocenters. The largest absolute Gasteiger partial charge is 0.343 e. The van der Waals surface area contributed by atoms with Gasteiger partial charge in [0.2, 0.25) is 0 Å². The van der Waals surface area contributed by atoms with Crippen molar-refractivity contribution in [1.29, 1.82) is 0 Å². The predicted molar refractivity (Wildman–Crippen MR) is 68.1 cm³/mol. The fourth-order valence-corrected chi connectivity index (χ4v) is 1.52. The number of allylic oxidation sites excluding steroid dienone is 1. The topological polar surface area (TPSA) is 41.6 Å². The summed E-state index contributed by atoms with van der Waals surface area (Å²) >= 11 is 0. The second-order valence-electron chi connectivity index (χ2n) is 4.76. The van der Waals surface area contributed by atoms with Gasteiger partial charge in [-0.2, -0.15) is 0 Å². The number of nitrogens with two attached hydrogens (primary N) is 1. The van der Waals surface area contributed by atoms with Crippen molar-refractivity contribution < 1.29 is 0 Å². The summed E-state index contributed by atoms with van der Waals surface area (Å²) in [6.07, 6.45) is 3.91. The van der Waals surface area contributed by atoms with Gasteiger partial charge in [0.05, 0.1) is 6.17 Å².